The number of carbonyl (C=O) groups excluding carboxylic acids is 1. The largest absolute Gasteiger partial charge is 0.444 e. The molecule has 2 aromatic rings. The smallest absolute Gasteiger partial charge is 0.410 e. The Morgan fingerprint density at radius 3 is 2.33 bits per heavy atom. The summed E-state index contributed by atoms with van der Waals surface area (Å²) in [5.74, 6) is 0.0332. The lowest BCUT2D eigenvalue weighted by molar-refractivity contribution is 0.0135. The number of rotatable bonds is 4. The molecule has 2 aromatic heterocycles. The second kappa shape index (κ2) is 8.24. The second-order valence-corrected chi connectivity index (χ2v) is 13.8. The SMILES string of the molecule is CC(C)(C)OC(=O)N1CC(S(=O)(=O)N2CCC(c3cn(S(C)(=O)=O)c4ncccc34)CC2)C1. The molecule has 182 valence electrons. The van der Waals surface area contributed by atoms with E-state index in [-0.39, 0.29) is 19.0 Å². The van der Waals surface area contributed by atoms with Gasteiger partial charge in [0.1, 0.15) is 10.9 Å². The zero-order valence-corrected chi connectivity index (χ0v) is 20.9. The molecule has 12 heteroatoms. The zero-order chi connectivity index (χ0) is 24.2. The Bertz CT molecular complexity index is 1270. The highest BCUT2D eigenvalue weighted by Crippen LogP contribution is 2.36. The molecule has 0 unspecified atom stereocenters. The van der Waals surface area contributed by atoms with Gasteiger partial charge in [0.15, 0.2) is 5.65 Å². The van der Waals surface area contributed by atoms with Crippen LogP contribution in [0.1, 0.15) is 45.1 Å². The van der Waals surface area contributed by atoms with Crippen LogP contribution in [0.4, 0.5) is 4.79 Å². The molecule has 4 rings (SSSR count). The summed E-state index contributed by atoms with van der Waals surface area (Å²) in [6.07, 6.45) is 4.98. The van der Waals surface area contributed by atoms with E-state index in [4.69, 9.17) is 4.74 Å². The molecule has 0 N–H and O–H groups in total. The van der Waals surface area contributed by atoms with Crippen LogP contribution in [-0.4, -0.2) is 84.4 Å². The van der Waals surface area contributed by atoms with Crippen molar-refractivity contribution < 1.29 is 26.4 Å². The predicted octanol–water partition coefficient (Wildman–Crippen LogP) is 1.97. The number of hydrogen-bond donors (Lipinski definition) is 0. The summed E-state index contributed by atoms with van der Waals surface area (Å²) in [6, 6.07) is 3.62. The van der Waals surface area contributed by atoms with Gasteiger partial charge in [0.05, 0.1) is 6.26 Å². The van der Waals surface area contributed by atoms with Crippen LogP contribution in [0.3, 0.4) is 0 Å². The normalized spacial score (nSPS) is 19.6. The molecule has 4 heterocycles. The molecule has 0 radical (unpaired) electrons. The van der Waals surface area contributed by atoms with Gasteiger partial charge in [-0.1, -0.05) is 0 Å². The molecule has 33 heavy (non-hydrogen) atoms. The van der Waals surface area contributed by atoms with Gasteiger partial charge in [-0.25, -0.2) is 34.9 Å². The van der Waals surface area contributed by atoms with Crippen LogP contribution in [-0.2, 0) is 24.8 Å². The number of amides is 1. The summed E-state index contributed by atoms with van der Waals surface area (Å²) < 4.78 is 58.5. The molecular weight excluding hydrogens is 468 g/mol. The molecular formula is C21H30N4O6S2. The maximum Gasteiger partial charge on any atom is 0.410 e. The van der Waals surface area contributed by atoms with Crippen LogP contribution in [0.25, 0.3) is 11.0 Å². The summed E-state index contributed by atoms with van der Waals surface area (Å²) in [4.78, 5) is 17.8. The van der Waals surface area contributed by atoms with Gasteiger partial charge < -0.3 is 9.64 Å². The topological polar surface area (TPSA) is 119 Å². The summed E-state index contributed by atoms with van der Waals surface area (Å²) in [7, 11) is -7.04. The van der Waals surface area contributed by atoms with Gasteiger partial charge in [0, 0.05) is 44.0 Å². The first-order valence-corrected chi connectivity index (χ1v) is 14.3. The zero-order valence-electron chi connectivity index (χ0n) is 19.3. The van der Waals surface area contributed by atoms with E-state index in [9.17, 15) is 21.6 Å². The monoisotopic (exact) mass is 498 g/mol. The van der Waals surface area contributed by atoms with Crippen molar-refractivity contribution in [3.05, 3.63) is 30.1 Å². The number of nitrogens with zero attached hydrogens (tertiary/aromatic N) is 4. The molecule has 2 aliphatic heterocycles. The van der Waals surface area contributed by atoms with E-state index in [0.717, 1.165) is 17.2 Å². The number of hydrogen-bond acceptors (Lipinski definition) is 7. The van der Waals surface area contributed by atoms with Gasteiger partial charge in [-0.15, -0.1) is 0 Å². The van der Waals surface area contributed by atoms with Gasteiger partial charge in [0.2, 0.25) is 20.0 Å². The third-order valence-corrected chi connectivity index (χ3v) is 9.31. The Kier molecular flexibility index (Phi) is 5.98. The first-order valence-electron chi connectivity index (χ1n) is 10.9. The van der Waals surface area contributed by atoms with Crippen molar-refractivity contribution >= 4 is 37.2 Å². The van der Waals surface area contributed by atoms with E-state index < -0.39 is 37.0 Å². The third-order valence-electron chi connectivity index (χ3n) is 6.09. The van der Waals surface area contributed by atoms with Crippen molar-refractivity contribution in [1.82, 2.24) is 18.2 Å². The van der Waals surface area contributed by atoms with Crippen molar-refractivity contribution in [2.75, 3.05) is 32.4 Å². The molecule has 0 spiro atoms. The van der Waals surface area contributed by atoms with E-state index in [1.165, 1.54) is 13.2 Å². The molecule has 0 aliphatic carbocycles. The molecule has 0 saturated carbocycles. The molecule has 2 aliphatic rings. The number of ether oxygens (including phenoxy) is 1. The third kappa shape index (κ3) is 4.73. The van der Waals surface area contributed by atoms with Crippen LogP contribution < -0.4 is 0 Å². The lowest BCUT2D eigenvalue weighted by atomic mass is 9.90. The molecule has 0 bridgehead atoms. The Balaban J connectivity index is 1.42. The Hall–Kier alpha value is -2.18. The van der Waals surface area contributed by atoms with E-state index in [1.54, 1.807) is 39.2 Å². The standard InChI is InChI=1S/C21H30N4O6S2/c1-21(2,3)31-20(26)23-12-16(13-23)33(29,30)24-10-7-15(8-11-24)18-14-25(32(4,27)28)19-17(18)6-5-9-22-19/h5-6,9,14-16H,7-8,10-13H2,1-4H3. The minimum absolute atomic E-state index is 0.0332. The number of pyridine rings is 1. The van der Waals surface area contributed by atoms with E-state index in [2.05, 4.69) is 4.98 Å². The first-order chi connectivity index (χ1) is 15.3. The molecule has 1 amide bonds. The van der Waals surface area contributed by atoms with Gasteiger partial charge in [-0.3, -0.25) is 0 Å². The number of aromatic nitrogens is 2. The Labute approximate surface area is 194 Å². The van der Waals surface area contributed by atoms with E-state index in [1.807, 2.05) is 6.07 Å². The number of fused-ring (bicyclic) bond motifs is 1. The quantitative estimate of drug-likeness (QED) is 0.632. The Morgan fingerprint density at radius 2 is 1.76 bits per heavy atom. The lowest BCUT2D eigenvalue weighted by Crippen LogP contribution is -2.61. The van der Waals surface area contributed by atoms with Crippen molar-refractivity contribution in [2.24, 2.45) is 0 Å². The van der Waals surface area contributed by atoms with Gasteiger partial charge in [-0.05, 0) is 57.2 Å². The Morgan fingerprint density at radius 1 is 1.12 bits per heavy atom. The lowest BCUT2D eigenvalue weighted by Gasteiger charge is -2.42. The van der Waals surface area contributed by atoms with Crippen LogP contribution >= 0.6 is 0 Å². The number of piperidine rings is 1. The minimum atomic E-state index is -3.53. The number of likely N-dealkylation sites (tertiary alicyclic amines) is 1. The fourth-order valence-electron chi connectivity index (χ4n) is 4.37. The summed E-state index contributed by atoms with van der Waals surface area (Å²) in [5, 5.41) is 0.147. The fraction of sp³-hybridized carbons (Fsp3) is 0.619. The maximum atomic E-state index is 13.1. The van der Waals surface area contributed by atoms with Gasteiger partial charge in [0.25, 0.3) is 0 Å². The molecule has 0 aromatic carbocycles. The minimum Gasteiger partial charge on any atom is -0.444 e. The molecule has 2 saturated heterocycles. The average molecular weight is 499 g/mol. The summed E-state index contributed by atoms with van der Waals surface area (Å²) in [5.41, 5.74) is 0.639. The van der Waals surface area contributed by atoms with Gasteiger partial charge >= 0.3 is 6.09 Å². The van der Waals surface area contributed by atoms with Crippen LogP contribution in [0.5, 0.6) is 0 Å². The molecule has 10 nitrogen and oxygen atoms in total. The van der Waals surface area contributed by atoms with Crippen LogP contribution in [0, 0.1) is 0 Å². The highest BCUT2D eigenvalue weighted by molar-refractivity contribution is 7.90. The van der Waals surface area contributed by atoms with Crippen LogP contribution in [0.2, 0.25) is 0 Å². The fourth-order valence-corrected chi connectivity index (χ4v) is 7.01. The van der Waals surface area contributed by atoms with Crippen molar-refractivity contribution in [1.29, 1.82) is 0 Å². The number of sulfonamides is 1. The van der Waals surface area contributed by atoms with E-state index in [0.29, 0.717) is 31.6 Å². The predicted molar refractivity (Wildman–Crippen MR) is 124 cm³/mol. The van der Waals surface area contributed by atoms with Crippen molar-refractivity contribution in [3.63, 3.8) is 0 Å². The average Bonchev–Trinajstić information content (AvgIpc) is 3.05. The first kappa shape index (κ1) is 24.0. The van der Waals surface area contributed by atoms with Gasteiger partial charge in [-0.2, -0.15) is 0 Å². The molecule has 2 fully saturated rings. The summed E-state index contributed by atoms with van der Waals surface area (Å²) >= 11 is 0. The maximum absolute atomic E-state index is 13.1. The van der Waals surface area contributed by atoms with Crippen LogP contribution in [0.15, 0.2) is 24.5 Å². The number of carbonyl (C=O) groups is 1. The second-order valence-electron chi connectivity index (χ2n) is 9.74. The highest BCUT2D eigenvalue weighted by atomic mass is 32.2. The summed E-state index contributed by atoms with van der Waals surface area (Å²) in [6.45, 7) is 6.27. The highest BCUT2D eigenvalue weighted by Gasteiger charge is 2.45. The van der Waals surface area contributed by atoms with Crippen molar-refractivity contribution in [2.45, 2.75) is 50.4 Å². The van der Waals surface area contributed by atoms with Crippen molar-refractivity contribution in [3.8, 4) is 0 Å². The molecule has 0 atom stereocenters. The van der Waals surface area contributed by atoms with E-state index >= 15 is 0 Å².